The Hall–Kier alpha value is -3.25. The number of aromatic nitrogens is 2. The number of benzene rings is 2. The predicted molar refractivity (Wildman–Crippen MR) is 123 cm³/mol. The fourth-order valence-electron chi connectivity index (χ4n) is 3.58. The van der Waals surface area contributed by atoms with Gasteiger partial charge in [-0.1, -0.05) is 42.0 Å². The van der Waals surface area contributed by atoms with E-state index < -0.39 is 5.91 Å². The third-order valence-electron chi connectivity index (χ3n) is 5.37. The number of hydrogen-bond donors (Lipinski definition) is 1. The molecule has 2 heterocycles. The van der Waals surface area contributed by atoms with Gasteiger partial charge in [-0.15, -0.1) is 11.3 Å². The van der Waals surface area contributed by atoms with Gasteiger partial charge in [-0.25, -0.2) is 4.98 Å². The lowest BCUT2D eigenvalue weighted by Gasteiger charge is -2.13. The summed E-state index contributed by atoms with van der Waals surface area (Å²) < 4.78 is 1.58. The molecule has 4 rings (SSSR count). The molecule has 0 radical (unpaired) electrons. The summed E-state index contributed by atoms with van der Waals surface area (Å²) in [5.41, 5.74) is 11.4. The maximum absolute atomic E-state index is 13.6. The lowest BCUT2D eigenvalue weighted by atomic mass is 10.0. The maximum Gasteiger partial charge on any atom is 0.263 e. The van der Waals surface area contributed by atoms with Crippen molar-refractivity contribution >= 4 is 27.5 Å². The number of hydrogen-bond acceptors (Lipinski definition) is 4. The van der Waals surface area contributed by atoms with Crippen LogP contribution < -0.4 is 11.3 Å². The fraction of sp³-hybridized carbons (Fsp3) is 0.208. The zero-order chi connectivity index (χ0) is 21.4. The molecule has 30 heavy (non-hydrogen) atoms. The molecular weight excluding hydrogens is 394 g/mol. The van der Waals surface area contributed by atoms with Crippen molar-refractivity contribution in [3.8, 4) is 22.5 Å². The number of carbonyl (C=O) groups excluding carboxylic acids is 1. The van der Waals surface area contributed by atoms with Gasteiger partial charge in [0.15, 0.2) is 0 Å². The Morgan fingerprint density at radius 1 is 1.07 bits per heavy atom. The summed E-state index contributed by atoms with van der Waals surface area (Å²) in [5.74, 6) is 0.114. The lowest BCUT2D eigenvalue weighted by Crippen LogP contribution is -2.26. The van der Waals surface area contributed by atoms with Crippen molar-refractivity contribution in [3.63, 3.8) is 0 Å². The molecule has 0 spiro atoms. The molecular formula is C24H23N3O2S. The summed E-state index contributed by atoms with van der Waals surface area (Å²) in [5, 5.41) is 2.57. The quantitative estimate of drug-likeness (QED) is 0.516. The number of carbonyl (C=O) groups is 1. The van der Waals surface area contributed by atoms with Crippen molar-refractivity contribution in [2.45, 2.75) is 33.7 Å². The Kier molecular flexibility index (Phi) is 5.26. The summed E-state index contributed by atoms with van der Waals surface area (Å²) >= 11 is 1.46. The van der Waals surface area contributed by atoms with Crippen LogP contribution in [0.15, 0.2) is 52.6 Å². The van der Waals surface area contributed by atoms with Crippen LogP contribution in [0.4, 0.5) is 0 Å². The minimum atomic E-state index is -0.447. The van der Waals surface area contributed by atoms with Gasteiger partial charge in [0.2, 0.25) is 5.91 Å². The molecule has 0 fully saturated rings. The van der Waals surface area contributed by atoms with Crippen molar-refractivity contribution in [1.82, 2.24) is 9.55 Å². The van der Waals surface area contributed by atoms with Crippen molar-refractivity contribution in [3.05, 3.63) is 74.9 Å². The van der Waals surface area contributed by atoms with Crippen molar-refractivity contribution in [2.75, 3.05) is 0 Å². The molecule has 0 saturated heterocycles. The number of nitrogens with zero attached hydrogens (tertiary/aromatic N) is 2. The smallest absolute Gasteiger partial charge is 0.263 e. The molecule has 4 aromatic rings. The van der Waals surface area contributed by atoms with Crippen LogP contribution >= 0.6 is 11.3 Å². The largest absolute Gasteiger partial charge is 0.370 e. The molecule has 5 nitrogen and oxygen atoms in total. The van der Waals surface area contributed by atoms with Gasteiger partial charge >= 0.3 is 0 Å². The van der Waals surface area contributed by atoms with E-state index in [4.69, 9.17) is 10.7 Å². The lowest BCUT2D eigenvalue weighted by molar-refractivity contribution is -0.118. The van der Waals surface area contributed by atoms with E-state index in [1.807, 2.05) is 42.6 Å². The molecule has 2 aromatic carbocycles. The van der Waals surface area contributed by atoms with Gasteiger partial charge in [-0.05, 0) is 43.5 Å². The highest BCUT2D eigenvalue weighted by atomic mass is 32.1. The molecule has 152 valence electrons. The summed E-state index contributed by atoms with van der Waals surface area (Å²) in [7, 11) is 0. The molecule has 2 N–H and O–H groups in total. The minimum absolute atomic E-state index is 0.0784. The molecule has 0 bridgehead atoms. The Bertz CT molecular complexity index is 1330. The number of fused-ring (bicyclic) bond motifs is 1. The average Bonchev–Trinajstić information content (AvgIpc) is 3.13. The second-order valence-corrected chi connectivity index (χ2v) is 8.46. The van der Waals surface area contributed by atoms with E-state index in [0.717, 1.165) is 22.3 Å². The molecule has 1 amide bonds. The monoisotopic (exact) mass is 417 g/mol. The Labute approximate surface area is 178 Å². The number of rotatable bonds is 5. The van der Waals surface area contributed by atoms with Crippen LogP contribution in [0.25, 0.3) is 32.7 Å². The standard InChI is InChI=1S/C24H23N3O2S/c1-14-5-4-6-18(11-14)22-26-23-21(24(29)27(22)10-9-20(25)28)19(13-30-23)17-8-7-15(2)16(3)12-17/h4-8,11-13H,9-10H2,1-3H3,(H2,25,28). The molecule has 6 heteroatoms. The third kappa shape index (κ3) is 3.66. The summed E-state index contributed by atoms with van der Waals surface area (Å²) in [4.78, 5) is 30.6. The van der Waals surface area contributed by atoms with Crippen LogP contribution in [-0.2, 0) is 11.3 Å². The topological polar surface area (TPSA) is 78.0 Å². The Morgan fingerprint density at radius 3 is 2.57 bits per heavy atom. The van der Waals surface area contributed by atoms with Gasteiger partial charge in [0.1, 0.15) is 10.7 Å². The average molecular weight is 418 g/mol. The zero-order valence-electron chi connectivity index (χ0n) is 17.2. The van der Waals surface area contributed by atoms with Crippen LogP contribution in [0, 0.1) is 20.8 Å². The van der Waals surface area contributed by atoms with Crippen LogP contribution in [-0.4, -0.2) is 15.5 Å². The van der Waals surface area contributed by atoms with Crippen LogP contribution in [0.2, 0.25) is 0 Å². The van der Waals surface area contributed by atoms with E-state index >= 15 is 0 Å². The SMILES string of the molecule is Cc1cccc(-c2nc3scc(-c4ccc(C)c(C)c4)c3c(=O)n2CCC(N)=O)c1. The van der Waals surface area contributed by atoms with E-state index in [1.165, 1.54) is 22.5 Å². The Balaban J connectivity index is 1.98. The summed E-state index contributed by atoms with van der Waals surface area (Å²) in [6.45, 7) is 6.32. The third-order valence-corrected chi connectivity index (χ3v) is 6.24. The number of primary amides is 1. The van der Waals surface area contributed by atoms with E-state index in [0.29, 0.717) is 16.0 Å². The van der Waals surface area contributed by atoms with E-state index in [2.05, 4.69) is 26.0 Å². The highest BCUT2D eigenvalue weighted by Gasteiger charge is 2.18. The number of aryl methyl sites for hydroxylation is 3. The first-order valence-corrected chi connectivity index (χ1v) is 10.7. The van der Waals surface area contributed by atoms with Gasteiger partial charge in [0.05, 0.1) is 5.39 Å². The zero-order valence-corrected chi connectivity index (χ0v) is 18.0. The molecule has 0 unspecified atom stereocenters. The van der Waals surface area contributed by atoms with Gasteiger partial charge in [-0.2, -0.15) is 0 Å². The first-order chi connectivity index (χ1) is 14.3. The molecule has 0 aliphatic rings. The molecule has 2 aromatic heterocycles. The number of amides is 1. The van der Waals surface area contributed by atoms with E-state index in [-0.39, 0.29) is 18.5 Å². The van der Waals surface area contributed by atoms with Crippen molar-refractivity contribution in [2.24, 2.45) is 5.73 Å². The predicted octanol–water partition coefficient (Wildman–Crippen LogP) is 4.59. The van der Waals surface area contributed by atoms with Gasteiger partial charge < -0.3 is 5.73 Å². The molecule has 0 atom stereocenters. The first-order valence-electron chi connectivity index (χ1n) is 9.80. The fourth-order valence-corrected chi connectivity index (χ4v) is 4.52. The first kappa shape index (κ1) is 20.0. The van der Waals surface area contributed by atoms with Crippen LogP contribution in [0.5, 0.6) is 0 Å². The van der Waals surface area contributed by atoms with Crippen molar-refractivity contribution < 1.29 is 4.79 Å². The minimum Gasteiger partial charge on any atom is -0.370 e. The van der Waals surface area contributed by atoms with Crippen molar-refractivity contribution in [1.29, 1.82) is 0 Å². The van der Waals surface area contributed by atoms with Gasteiger partial charge in [0, 0.05) is 29.5 Å². The van der Waals surface area contributed by atoms with E-state index in [1.54, 1.807) is 4.57 Å². The second kappa shape index (κ2) is 7.88. The second-order valence-electron chi connectivity index (χ2n) is 7.61. The van der Waals surface area contributed by atoms with Gasteiger partial charge in [-0.3, -0.25) is 14.2 Å². The molecule has 0 saturated carbocycles. The van der Waals surface area contributed by atoms with Crippen LogP contribution in [0.3, 0.4) is 0 Å². The number of nitrogens with two attached hydrogens (primary N) is 1. The Morgan fingerprint density at radius 2 is 1.87 bits per heavy atom. The molecule has 0 aliphatic heterocycles. The highest BCUT2D eigenvalue weighted by molar-refractivity contribution is 7.17. The maximum atomic E-state index is 13.6. The molecule has 0 aliphatic carbocycles. The summed E-state index contributed by atoms with van der Waals surface area (Å²) in [6, 6.07) is 14.1. The summed E-state index contributed by atoms with van der Waals surface area (Å²) in [6.07, 6.45) is 0.0784. The highest BCUT2D eigenvalue weighted by Crippen LogP contribution is 2.33. The van der Waals surface area contributed by atoms with E-state index in [9.17, 15) is 9.59 Å². The number of thiophene rings is 1. The van der Waals surface area contributed by atoms with Crippen LogP contribution in [0.1, 0.15) is 23.1 Å². The van der Waals surface area contributed by atoms with Gasteiger partial charge in [0.25, 0.3) is 5.56 Å². The normalized spacial score (nSPS) is 11.2.